The SMILES string of the molecule is COc1ccc(N)c(NCc2cccc3ccccc23)n1. The van der Waals surface area contributed by atoms with Crippen molar-refractivity contribution in [2.45, 2.75) is 6.54 Å². The van der Waals surface area contributed by atoms with Crippen molar-refractivity contribution in [2.75, 3.05) is 18.2 Å². The predicted octanol–water partition coefficient (Wildman–Crippen LogP) is 3.44. The van der Waals surface area contributed by atoms with Gasteiger partial charge < -0.3 is 15.8 Å². The first-order valence-electron chi connectivity index (χ1n) is 6.79. The van der Waals surface area contributed by atoms with Gasteiger partial charge in [0.05, 0.1) is 12.8 Å². The van der Waals surface area contributed by atoms with Crippen molar-refractivity contribution in [1.29, 1.82) is 0 Å². The molecule has 21 heavy (non-hydrogen) atoms. The minimum atomic E-state index is 0.546. The van der Waals surface area contributed by atoms with Crippen LogP contribution in [0.1, 0.15) is 5.56 Å². The van der Waals surface area contributed by atoms with Crippen LogP contribution in [-0.4, -0.2) is 12.1 Å². The zero-order valence-corrected chi connectivity index (χ0v) is 11.8. The molecule has 0 aliphatic heterocycles. The van der Waals surface area contributed by atoms with E-state index in [1.165, 1.54) is 16.3 Å². The number of anilines is 2. The first kappa shape index (κ1) is 13.2. The molecule has 0 spiro atoms. The lowest BCUT2D eigenvalue weighted by Gasteiger charge is -2.11. The second-order valence-electron chi connectivity index (χ2n) is 4.78. The van der Waals surface area contributed by atoms with Crippen LogP contribution in [0.4, 0.5) is 11.5 Å². The third-order valence-corrected chi connectivity index (χ3v) is 3.44. The van der Waals surface area contributed by atoms with Crippen LogP contribution < -0.4 is 15.8 Å². The summed E-state index contributed by atoms with van der Waals surface area (Å²) < 4.78 is 5.13. The van der Waals surface area contributed by atoms with Crippen LogP contribution in [0.3, 0.4) is 0 Å². The normalized spacial score (nSPS) is 10.5. The highest BCUT2D eigenvalue weighted by Crippen LogP contribution is 2.23. The zero-order valence-electron chi connectivity index (χ0n) is 11.8. The molecule has 3 rings (SSSR count). The molecule has 4 heteroatoms. The Morgan fingerprint density at radius 3 is 2.71 bits per heavy atom. The van der Waals surface area contributed by atoms with Gasteiger partial charge in [-0.1, -0.05) is 42.5 Å². The number of ether oxygens (including phenoxy) is 1. The molecular weight excluding hydrogens is 262 g/mol. The molecular formula is C17H17N3O. The average molecular weight is 279 g/mol. The van der Waals surface area contributed by atoms with Crippen molar-refractivity contribution in [3.63, 3.8) is 0 Å². The highest BCUT2D eigenvalue weighted by molar-refractivity contribution is 5.85. The van der Waals surface area contributed by atoms with Crippen LogP contribution in [0.15, 0.2) is 54.6 Å². The van der Waals surface area contributed by atoms with E-state index in [-0.39, 0.29) is 0 Å². The molecule has 0 saturated carbocycles. The Labute approximate surface area is 123 Å². The van der Waals surface area contributed by atoms with E-state index >= 15 is 0 Å². The van der Waals surface area contributed by atoms with Crippen LogP contribution in [0, 0.1) is 0 Å². The second kappa shape index (κ2) is 5.71. The highest BCUT2D eigenvalue weighted by atomic mass is 16.5. The third-order valence-electron chi connectivity index (χ3n) is 3.44. The van der Waals surface area contributed by atoms with Gasteiger partial charge in [-0.2, -0.15) is 4.98 Å². The number of pyridine rings is 1. The molecule has 0 amide bonds. The van der Waals surface area contributed by atoms with Crippen molar-refractivity contribution < 1.29 is 4.74 Å². The molecule has 2 aromatic carbocycles. The van der Waals surface area contributed by atoms with Crippen LogP contribution in [-0.2, 0) is 6.54 Å². The number of aromatic nitrogens is 1. The van der Waals surface area contributed by atoms with E-state index in [0.29, 0.717) is 23.9 Å². The van der Waals surface area contributed by atoms with Crippen molar-refractivity contribution in [2.24, 2.45) is 0 Å². The number of methoxy groups -OCH3 is 1. The molecule has 3 aromatic rings. The maximum absolute atomic E-state index is 5.94. The van der Waals surface area contributed by atoms with Crippen molar-refractivity contribution in [3.05, 3.63) is 60.2 Å². The fraction of sp³-hybridized carbons (Fsp3) is 0.118. The van der Waals surface area contributed by atoms with Gasteiger partial charge in [-0.3, -0.25) is 0 Å². The zero-order chi connectivity index (χ0) is 14.7. The van der Waals surface area contributed by atoms with E-state index in [1.54, 1.807) is 19.2 Å². The molecule has 1 heterocycles. The summed E-state index contributed by atoms with van der Waals surface area (Å²) in [5, 5.41) is 5.74. The van der Waals surface area contributed by atoms with E-state index in [0.717, 1.165) is 0 Å². The van der Waals surface area contributed by atoms with Gasteiger partial charge in [0.15, 0.2) is 5.82 Å². The fourth-order valence-electron chi connectivity index (χ4n) is 2.33. The van der Waals surface area contributed by atoms with E-state index < -0.39 is 0 Å². The molecule has 0 bridgehead atoms. The first-order valence-corrected chi connectivity index (χ1v) is 6.79. The van der Waals surface area contributed by atoms with Gasteiger partial charge in [0.2, 0.25) is 5.88 Å². The smallest absolute Gasteiger partial charge is 0.215 e. The molecule has 4 nitrogen and oxygen atoms in total. The number of nitrogens with zero attached hydrogens (tertiary/aromatic N) is 1. The Bertz CT molecular complexity index is 766. The fourth-order valence-corrected chi connectivity index (χ4v) is 2.33. The Morgan fingerprint density at radius 1 is 1.05 bits per heavy atom. The number of rotatable bonds is 4. The van der Waals surface area contributed by atoms with Crippen molar-refractivity contribution >= 4 is 22.3 Å². The monoisotopic (exact) mass is 279 g/mol. The number of benzene rings is 2. The Hall–Kier alpha value is -2.75. The quantitative estimate of drug-likeness (QED) is 0.768. The number of nitrogens with one attached hydrogen (secondary N) is 1. The average Bonchev–Trinajstić information content (AvgIpc) is 2.54. The largest absolute Gasteiger partial charge is 0.481 e. The van der Waals surface area contributed by atoms with E-state index in [9.17, 15) is 0 Å². The van der Waals surface area contributed by atoms with E-state index in [2.05, 4.69) is 40.6 Å². The lowest BCUT2D eigenvalue weighted by Crippen LogP contribution is -2.05. The molecule has 1 aromatic heterocycles. The molecule has 0 unspecified atom stereocenters. The van der Waals surface area contributed by atoms with Crippen LogP contribution in [0.2, 0.25) is 0 Å². The molecule has 106 valence electrons. The van der Waals surface area contributed by atoms with Gasteiger partial charge >= 0.3 is 0 Å². The molecule has 0 atom stereocenters. The molecule has 0 radical (unpaired) electrons. The number of nitrogen functional groups attached to an aromatic ring is 1. The summed E-state index contributed by atoms with van der Waals surface area (Å²) in [5.41, 5.74) is 7.75. The topological polar surface area (TPSA) is 60.2 Å². The Morgan fingerprint density at radius 2 is 1.86 bits per heavy atom. The van der Waals surface area contributed by atoms with Gasteiger partial charge in [-0.25, -0.2) is 0 Å². The van der Waals surface area contributed by atoms with Gasteiger partial charge in [-0.05, 0) is 22.4 Å². The van der Waals surface area contributed by atoms with Gasteiger partial charge in [0.25, 0.3) is 0 Å². The maximum atomic E-state index is 5.94. The molecule has 3 N–H and O–H groups in total. The van der Waals surface area contributed by atoms with Crippen LogP contribution >= 0.6 is 0 Å². The lowest BCUT2D eigenvalue weighted by molar-refractivity contribution is 0.398. The predicted molar refractivity (Wildman–Crippen MR) is 86.5 cm³/mol. The number of hydrogen-bond acceptors (Lipinski definition) is 4. The summed E-state index contributed by atoms with van der Waals surface area (Å²) in [6.45, 7) is 0.658. The number of hydrogen-bond donors (Lipinski definition) is 2. The van der Waals surface area contributed by atoms with Gasteiger partial charge in [-0.15, -0.1) is 0 Å². The molecule has 0 aliphatic carbocycles. The van der Waals surface area contributed by atoms with Crippen LogP contribution in [0.5, 0.6) is 5.88 Å². The third kappa shape index (κ3) is 2.74. The summed E-state index contributed by atoms with van der Waals surface area (Å²) in [6.07, 6.45) is 0. The molecule has 0 fully saturated rings. The highest BCUT2D eigenvalue weighted by Gasteiger charge is 2.05. The Balaban J connectivity index is 1.87. The lowest BCUT2D eigenvalue weighted by atomic mass is 10.0. The van der Waals surface area contributed by atoms with Crippen molar-refractivity contribution in [3.8, 4) is 5.88 Å². The minimum absolute atomic E-state index is 0.546. The molecule has 0 aliphatic rings. The van der Waals surface area contributed by atoms with Crippen LogP contribution in [0.25, 0.3) is 10.8 Å². The standard InChI is InChI=1S/C17H17N3O/c1-21-16-10-9-15(18)17(20-16)19-11-13-7-4-6-12-5-2-3-8-14(12)13/h2-10H,11,18H2,1H3,(H,19,20). The summed E-state index contributed by atoms with van der Waals surface area (Å²) in [5.74, 6) is 1.19. The Kier molecular flexibility index (Phi) is 3.60. The molecule has 0 saturated heterocycles. The summed E-state index contributed by atoms with van der Waals surface area (Å²) >= 11 is 0. The maximum Gasteiger partial charge on any atom is 0.215 e. The number of fused-ring (bicyclic) bond motifs is 1. The van der Waals surface area contributed by atoms with Gasteiger partial charge in [0.1, 0.15) is 0 Å². The van der Waals surface area contributed by atoms with E-state index in [4.69, 9.17) is 10.5 Å². The minimum Gasteiger partial charge on any atom is -0.481 e. The van der Waals surface area contributed by atoms with Gasteiger partial charge in [0, 0.05) is 12.6 Å². The second-order valence-corrected chi connectivity index (χ2v) is 4.78. The summed E-state index contributed by atoms with van der Waals surface area (Å²) in [7, 11) is 1.59. The van der Waals surface area contributed by atoms with Crippen molar-refractivity contribution in [1.82, 2.24) is 4.98 Å². The number of nitrogens with two attached hydrogens (primary N) is 1. The van der Waals surface area contributed by atoms with E-state index in [1.807, 2.05) is 12.1 Å². The summed E-state index contributed by atoms with van der Waals surface area (Å²) in [6, 6.07) is 18.1. The summed E-state index contributed by atoms with van der Waals surface area (Å²) in [4.78, 5) is 4.33. The first-order chi connectivity index (χ1) is 10.3.